The van der Waals surface area contributed by atoms with Crippen LogP contribution in [0.25, 0.3) is 11.5 Å². The molecule has 0 saturated carbocycles. The third kappa shape index (κ3) is 2.71. The molecule has 0 aliphatic heterocycles. The fourth-order valence-electron chi connectivity index (χ4n) is 1.50. The fourth-order valence-corrected chi connectivity index (χ4v) is 1.50. The molecule has 6 heteroatoms. The van der Waals surface area contributed by atoms with E-state index in [9.17, 15) is 0 Å². The smallest absolute Gasteiger partial charge is 0.243 e. The topological polar surface area (TPSA) is 68.8 Å². The van der Waals surface area contributed by atoms with Crippen molar-refractivity contribution in [3.8, 4) is 11.5 Å². The summed E-state index contributed by atoms with van der Waals surface area (Å²) < 4.78 is 6.93. The fraction of sp³-hybridized carbons (Fsp3) is 0.545. The lowest BCUT2D eigenvalue weighted by molar-refractivity contribution is 0.340. The van der Waals surface area contributed by atoms with Crippen molar-refractivity contribution < 1.29 is 4.52 Å². The zero-order valence-electron chi connectivity index (χ0n) is 10.3. The molecule has 0 amide bonds. The molecule has 0 saturated heterocycles. The van der Waals surface area contributed by atoms with Crippen molar-refractivity contribution in [3.05, 3.63) is 18.2 Å². The van der Waals surface area contributed by atoms with Crippen LogP contribution < -0.4 is 5.32 Å². The molecule has 1 atom stereocenters. The molecule has 0 spiro atoms. The molecule has 17 heavy (non-hydrogen) atoms. The van der Waals surface area contributed by atoms with E-state index in [0.29, 0.717) is 11.7 Å². The lowest BCUT2D eigenvalue weighted by Gasteiger charge is -2.06. The average Bonchev–Trinajstić information content (AvgIpc) is 2.93. The lowest BCUT2D eigenvalue weighted by atomic mass is 10.3. The summed E-state index contributed by atoms with van der Waals surface area (Å²) in [5, 5.41) is 11.5. The molecule has 2 heterocycles. The molecule has 1 N–H and O–H groups in total. The Morgan fingerprint density at radius 1 is 1.53 bits per heavy atom. The van der Waals surface area contributed by atoms with Crippen molar-refractivity contribution in [2.75, 3.05) is 6.54 Å². The van der Waals surface area contributed by atoms with Crippen molar-refractivity contribution >= 4 is 0 Å². The van der Waals surface area contributed by atoms with Crippen LogP contribution in [0, 0.1) is 0 Å². The van der Waals surface area contributed by atoms with Crippen molar-refractivity contribution in [1.82, 2.24) is 25.2 Å². The van der Waals surface area contributed by atoms with E-state index in [4.69, 9.17) is 4.52 Å². The van der Waals surface area contributed by atoms with Crippen molar-refractivity contribution in [1.29, 1.82) is 0 Å². The molecule has 0 aliphatic rings. The molecule has 0 bridgehead atoms. The Kier molecular flexibility index (Phi) is 3.53. The van der Waals surface area contributed by atoms with Gasteiger partial charge in [-0.3, -0.25) is 4.68 Å². The van der Waals surface area contributed by atoms with Crippen LogP contribution in [0.15, 0.2) is 16.8 Å². The van der Waals surface area contributed by atoms with Crippen LogP contribution in [0.5, 0.6) is 0 Å². The van der Waals surface area contributed by atoms with Gasteiger partial charge in [0, 0.05) is 13.2 Å². The van der Waals surface area contributed by atoms with Crippen molar-refractivity contribution in [3.63, 3.8) is 0 Å². The molecular weight excluding hydrogens is 218 g/mol. The quantitative estimate of drug-likeness (QED) is 0.851. The predicted octanol–water partition coefficient (Wildman–Crippen LogP) is 1.53. The van der Waals surface area contributed by atoms with Crippen LogP contribution in [0.3, 0.4) is 0 Å². The van der Waals surface area contributed by atoms with Gasteiger partial charge in [-0.25, -0.2) is 0 Å². The maximum absolute atomic E-state index is 5.21. The van der Waals surface area contributed by atoms with Gasteiger partial charge in [-0.1, -0.05) is 12.1 Å². The zero-order chi connectivity index (χ0) is 12.3. The predicted molar refractivity (Wildman–Crippen MR) is 63.2 cm³/mol. The maximum Gasteiger partial charge on any atom is 0.243 e. The first-order valence-electron chi connectivity index (χ1n) is 5.77. The van der Waals surface area contributed by atoms with Gasteiger partial charge >= 0.3 is 0 Å². The summed E-state index contributed by atoms with van der Waals surface area (Å²) in [5.74, 6) is 1.13. The molecule has 2 aromatic rings. The van der Waals surface area contributed by atoms with E-state index in [1.807, 2.05) is 26.2 Å². The molecule has 0 aliphatic carbocycles. The Morgan fingerprint density at radius 3 is 3.00 bits per heavy atom. The molecule has 0 aromatic carbocycles. The Bertz CT molecular complexity index is 476. The van der Waals surface area contributed by atoms with Crippen molar-refractivity contribution in [2.24, 2.45) is 7.05 Å². The summed E-state index contributed by atoms with van der Waals surface area (Å²) in [6.45, 7) is 5.06. The number of aryl methyl sites for hydroxylation is 1. The minimum atomic E-state index is 0.0694. The SMILES string of the molecule is CCCNC(C)c1nc(-c2ccn(C)n2)no1. The van der Waals surface area contributed by atoms with E-state index in [2.05, 4.69) is 27.5 Å². The second-order valence-electron chi connectivity index (χ2n) is 4.01. The number of hydrogen-bond acceptors (Lipinski definition) is 5. The second kappa shape index (κ2) is 5.09. The van der Waals surface area contributed by atoms with Crippen LogP contribution in [-0.4, -0.2) is 26.5 Å². The van der Waals surface area contributed by atoms with Gasteiger partial charge in [0.2, 0.25) is 11.7 Å². The Labute approximate surface area is 100 Å². The molecule has 0 radical (unpaired) electrons. The van der Waals surface area contributed by atoms with Crippen molar-refractivity contribution in [2.45, 2.75) is 26.3 Å². The van der Waals surface area contributed by atoms with Gasteiger partial charge in [0.1, 0.15) is 5.69 Å². The van der Waals surface area contributed by atoms with E-state index in [1.54, 1.807) is 4.68 Å². The molecular formula is C11H17N5O. The number of nitrogens with one attached hydrogen (secondary N) is 1. The van der Waals surface area contributed by atoms with E-state index in [-0.39, 0.29) is 6.04 Å². The minimum absolute atomic E-state index is 0.0694. The van der Waals surface area contributed by atoms with Gasteiger partial charge in [0.15, 0.2) is 0 Å². The normalized spacial score (nSPS) is 12.9. The highest BCUT2D eigenvalue weighted by atomic mass is 16.5. The van der Waals surface area contributed by atoms with E-state index in [1.165, 1.54) is 0 Å². The van der Waals surface area contributed by atoms with Crippen LogP contribution in [-0.2, 0) is 7.05 Å². The molecule has 1 unspecified atom stereocenters. The first-order chi connectivity index (χ1) is 8.20. The van der Waals surface area contributed by atoms with Gasteiger partial charge in [0.25, 0.3) is 0 Å². The molecule has 0 fully saturated rings. The largest absolute Gasteiger partial charge is 0.337 e. The first-order valence-corrected chi connectivity index (χ1v) is 5.77. The number of hydrogen-bond donors (Lipinski definition) is 1. The summed E-state index contributed by atoms with van der Waals surface area (Å²) >= 11 is 0. The standard InChI is InChI=1S/C11H17N5O/c1-4-6-12-8(2)11-13-10(15-17-11)9-5-7-16(3)14-9/h5,7-8,12H,4,6H2,1-3H3. The summed E-state index contributed by atoms with van der Waals surface area (Å²) in [7, 11) is 1.86. The summed E-state index contributed by atoms with van der Waals surface area (Å²) in [6, 6.07) is 1.93. The van der Waals surface area contributed by atoms with E-state index < -0.39 is 0 Å². The summed E-state index contributed by atoms with van der Waals surface area (Å²) in [6.07, 6.45) is 2.93. The first kappa shape index (κ1) is 11.8. The van der Waals surface area contributed by atoms with Crippen LogP contribution >= 0.6 is 0 Å². The Hall–Kier alpha value is -1.69. The van der Waals surface area contributed by atoms with Gasteiger partial charge in [-0.15, -0.1) is 0 Å². The highest BCUT2D eigenvalue weighted by Gasteiger charge is 2.15. The van der Waals surface area contributed by atoms with E-state index in [0.717, 1.165) is 18.7 Å². The average molecular weight is 235 g/mol. The summed E-state index contributed by atoms with van der Waals surface area (Å²) in [4.78, 5) is 4.33. The van der Waals surface area contributed by atoms with Crippen LogP contribution in [0.2, 0.25) is 0 Å². The molecule has 92 valence electrons. The number of nitrogens with zero attached hydrogens (tertiary/aromatic N) is 4. The lowest BCUT2D eigenvalue weighted by Crippen LogP contribution is -2.19. The Balaban J connectivity index is 2.10. The second-order valence-corrected chi connectivity index (χ2v) is 4.01. The van der Waals surface area contributed by atoms with Gasteiger partial charge in [-0.2, -0.15) is 10.1 Å². The van der Waals surface area contributed by atoms with E-state index >= 15 is 0 Å². The highest BCUT2D eigenvalue weighted by molar-refractivity contribution is 5.46. The number of rotatable bonds is 5. The molecule has 2 rings (SSSR count). The molecule has 6 nitrogen and oxygen atoms in total. The van der Waals surface area contributed by atoms with Gasteiger partial charge in [0.05, 0.1) is 6.04 Å². The zero-order valence-corrected chi connectivity index (χ0v) is 10.3. The van der Waals surface area contributed by atoms with Gasteiger partial charge < -0.3 is 9.84 Å². The van der Waals surface area contributed by atoms with Crippen LogP contribution in [0.4, 0.5) is 0 Å². The monoisotopic (exact) mass is 235 g/mol. The maximum atomic E-state index is 5.21. The third-order valence-electron chi connectivity index (χ3n) is 2.46. The third-order valence-corrected chi connectivity index (χ3v) is 2.46. The summed E-state index contributed by atoms with van der Waals surface area (Å²) in [5.41, 5.74) is 0.727. The van der Waals surface area contributed by atoms with Gasteiger partial charge in [-0.05, 0) is 26.0 Å². The van der Waals surface area contributed by atoms with Crippen LogP contribution in [0.1, 0.15) is 32.2 Å². The minimum Gasteiger partial charge on any atom is -0.337 e. The Morgan fingerprint density at radius 2 is 2.35 bits per heavy atom. The molecule has 2 aromatic heterocycles. The number of aromatic nitrogens is 4. The highest BCUT2D eigenvalue weighted by Crippen LogP contribution is 2.16.